The SMILES string of the molecule is CCCNc1ncccc1C(=O)NCc1sccc1Br. The lowest BCUT2D eigenvalue weighted by molar-refractivity contribution is 0.0951. The summed E-state index contributed by atoms with van der Waals surface area (Å²) in [6, 6.07) is 5.53. The number of pyridine rings is 1. The van der Waals surface area contributed by atoms with Crippen LogP contribution < -0.4 is 10.6 Å². The molecule has 0 aliphatic rings. The van der Waals surface area contributed by atoms with Gasteiger partial charge in [-0.05, 0) is 45.9 Å². The molecule has 0 bridgehead atoms. The first-order valence-corrected chi connectivity index (χ1v) is 8.08. The molecule has 1 amide bonds. The Morgan fingerprint density at radius 3 is 3.00 bits per heavy atom. The second kappa shape index (κ2) is 7.40. The summed E-state index contributed by atoms with van der Waals surface area (Å²) in [6.45, 7) is 3.39. The number of amides is 1. The quantitative estimate of drug-likeness (QED) is 0.833. The van der Waals surface area contributed by atoms with Crippen molar-refractivity contribution in [1.29, 1.82) is 0 Å². The van der Waals surface area contributed by atoms with Crippen molar-refractivity contribution in [3.05, 3.63) is 44.7 Å². The molecule has 2 aromatic heterocycles. The Bertz CT molecular complexity index is 585. The average molecular weight is 354 g/mol. The van der Waals surface area contributed by atoms with E-state index < -0.39 is 0 Å². The van der Waals surface area contributed by atoms with Crippen LogP contribution in [-0.4, -0.2) is 17.4 Å². The Kier molecular flexibility index (Phi) is 5.55. The molecule has 4 nitrogen and oxygen atoms in total. The lowest BCUT2D eigenvalue weighted by Crippen LogP contribution is -2.24. The predicted octanol–water partition coefficient (Wildman–Crippen LogP) is 3.66. The van der Waals surface area contributed by atoms with E-state index in [2.05, 4.69) is 38.5 Å². The summed E-state index contributed by atoms with van der Waals surface area (Å²) in [7, 11) is 0. The van der Waals surface area contributed by atoms with Crippen molar-refractivity contribution in [2.45, 2.75) is 19.9 Å². The standard InChI is InChI=1S/C14H16BrN3OS/c1-2-6-16-13-10(4-3-7-17-13)14(19)18-9-12-11(15)5-8-20-12/h3-5,7-8H,2,6,9H2,1H3,(H,16,17)(H,18,19). The molecule has 0 radical (unpaired) electrons. The zero-order valence-corrected chi connectivity index (χ0v) is 13.6. The zero-order chi connectivity index (χ0) is 14.4. The van der Waals surface area contributed by atoms with Crippen LogP contribution in [0.3, 0.4) is 0 Å². The van der Waals surface area contributed by atoms with Crippen LogP contribution in [0.25, 0.3) is 0 Å². The van der Waals surface area contributed by atoms with E-state index in [-0.39, 0.29) is 5.91 Å². The fourth-order valence-corrected chi connectivity index (χ4v) is 3.11. The molecule has 2 N–H and O–H groups in total. The van der Waals surface area contributed by atoms with Crippen LogP contribution in [0.4, 0.5) is 5.82 Å². The van der Waals surface area contributed by atoms with Crippen LogP contribution in [0.1, 0.15) is 28.6 Å². The topological polar surface area (TPSA) is 54.0 Å². The number of hydrogen-bond acceptors (Lipinski definition) is 4. The van der Waals surface area contributed by atoms with E-state index in [9.17, 15) is 4.79 Å². The summed E-state index contributed by atoms with van der Waals surface area (Å²) in [5.74, 6) is 0.522. The molecule has 0 aliphatic heterocycles. The first-order chi connectivity index (χ1) is 9.72. The molecule has 106 valence electrons. The van der Waals surface area contributed by atoms with Crippen molar-refractivity contribution >= 4 is 39.0 Å². The molecule has 0 saturated heterocycles. The minimum atomic E-state index is -0.114. The number of hydrogen-bond donors (Lipinski definition) is 2. The van der Waals surface area contributed by atoms with Crippen molar-refractivity contribution < 1.29 is 4.79 Å². The van der Waals surface area contributed by atoms with Crippen molar-refractivity contribution in [2.24, 2.45) is 0 Å². The van der Waals surface area contributed by atoms with Crippen molar-refractivity contribution in [3.8, 4) is 0 Å². The van der Waals surface area contributed by atoms with E-state index in [1.54, 1.807) is 29.7 Å². The van der Waals surface area contributed by atoms with Gasteiger partial charge in [0.2, 0.25) is 0 Å². The van der Waals surface area contributed by atoms with E-state index in [0.717, 1.165) is 22.3 Å². The van der Waals surface area contributed by atoms with Crippen LogP contribution in [0.2, 0.25) is 0 Å². The Morgan fingerprint density at radius 2 is 2.30 bits per heavy atom. The number of nitrogens with zero attached hydrogens (tertiary/aromatic N) is 1. The summed E-state index contributed by atoms with van der Waals surface area (Å²) in [5.41, 5.74) is 0.577. The number of carbonyl (C=O) groups is 1. The van der Waals surface area contributed by atoms with Gasteiger partial charge in [-0.25, -0.2) is 4.98 Å². The highest BCUT2D eigenvalue weighted by Crippen LogP contribution is 2.22. The number of rotatable bonds is 6. The van der Waals surface area contributed by atoms with Gasteiger partial charge < -0.3 is 10.6 Å². The lowest BCUT2D eigenvalue weighted by Gasteiger charge is -2.10. The fraction of sp³-hybridized carbons (Fsp3) is 0.286. The fourth-order valence-electron chi connectivity index (χ4n) is 1.68. The van der Waals surface area contributed by atoms with Gasteiger partial charge in [-0.1, -0.05) is 6.92 Å². The van der Waals surface area contributed by atoms with Crippen LogP contribution in [0.5, 0.6) is 0 Å². The predicted molar refractivity (Wildman–Crippen MR) is 86.2 cm³/mol. The Balaban J connectivity index is 2.03. The molecule has 0 aliphatic carbocycles. The smallest absolute Gasteiger partial charge is 0.255 e. The van der Waals surface area contributed by atoms with Crippen molar-refractivity contribution in [1.82, 2.24) is 10.3 Å². The number of carbonyl (C=O) groups excluding carboxylic acids is 1. The third-order valence-electron chi connectivity index (χ3n) is 2.70. The second-order valence-corrected chi connectivity index (χ2v) is 6.06. The van der Waals surface area contributed by atoms with E-state index in [4.69, 9.17) is 0 Å². The molecule has 2 aromatic rings. The summed E-state index contributed by atoms with van der Waals surface area (Å²) in [4.78, 5) is 17.6. The highest BCUT2D eigenvalue weighted by molar-refractivity contribution is 9.10. The van der Waals surface area contributed by atoms with Crippen molar-refractivity contribution in [2.75, 3.05) is 11.9 Å². The van der Waals surface area contributed by atoms with Gasteiger partial charge in [0.1, 0.15) is 5.82 Å². The minimum Gasteiger partial charge on any atom is -0.369 e. The van der Waals surface area contributed by atoms with Gasteiger partial charge >= 0.3 is 0 Å². The molecule has 0 spiro atoms. The van der Waals surface area contributed by atoms with Crippen LogP contribution in [0.15, 0.2) is 34.2 Å². The monoisotopic (exact) mass is 353 g/mol. The molecule has 0 aromatic carbocycles. The van der Waals surface area contributed by atoms with Gasteiger partial charge in [0, 0.05) is 22.1 Å². The van der Waals surface area contributed by atoms with Gasteiger partial charge in [-0.15, -0.1) is 11.3 Å². The highest BCUT2D eigenvalue weighted by Gasteiger charge is 2.12. The zero-order valence-electron chi connectivity index (χ0n) is 11.1. The van der Waals surface area contributed by atoms with E-state index in [0.29, 0.717) is 17.9 Å². The van der Waals surface area contributed by atoms with Gasteiger partial charge in [0.25, 0.3) is 5.91 Å². The van der Waals surface area contributed by atoms with Gasteiger partial charge in [-0.2, -0.15) is 0 Å². The first-order valence-electron chi connectivity index (χ1n) is 6.41. The molecule has 2 heterocycles. The molecule has 0 unspecified atom stereocenters. The molecular formula is C14H16BrN3OS. The Hall–Kier alpha value is -1.40. The molecule has 0 atom stereocenters. The van der Waals surface area contributed by atoms with Crippen LogP contribution in [-0.2, 0) is 6.54 Å². The van der Waals surface area contributed by atoms with Gasteiger partial charge in [-0.3, -0.25) is 4.79 Å². The largest absolute Gasteiger partial charge is 0.369 e. The average Bonchev–Trinajstić information content (AvgIpc) is 2.88. The highest BCUT2D eigenvalue weighted by atomic mass is 79.9. The normalized spacial score (nSPS) is 10.3. The lowest BCUT2D eigenvalue weighted by atomic mass is 10.2. The molecular weight excluding hydrogens is 338 g/mol. The first kappa shape index (κ1) is 15.0. The third kappa shape index (κ3) is 3.80. The summed E-state index contributed by atoms with van der Waals surface area (Å²) in [6.07, 6.45) is 2.67. The number of anilines is 1. The molecule has 0 saturated carbocycles. The maximum Gasteiger partial charge on any atom is 0.255 e. The van der Waals surface area contributed by atoms with Crippen LogP contribution in [0, 0.1) is 0 Å². The maximum atomic E-state index is 12.2. The van der Waals surface area contributed by atoms with Crippen molar-refractivity contribution in [3.63, 3.8) is 0 Å². The number of halogens is 1. The molecule has 6 heteroatoms. The molecule has 20 heavy (non-hydrogen) atoms. The summed E-state index contributed by atoms with van der Waals surface area (Å²) in [5, 5.41) is 8.08. The van der Waals surface area contributed by atoms with E-state index >= 15 is 0 Å². The van der Waals surface area contributed by atoms with Gasteiger partial charge in [0.05, 0.1) is 12.1 Å². The number of thiophene rings is 1. The maximum absolute atomic E-state index is 12.2. The molecule has 0 fully saturated rings. The number of aromatic nitrogens is 1. The minimum absolute atomic E-state index is 0.114. The second-order valence-electron chi connectivity index (χ2n) is 4.20. The Labute approximate surface area is 130 Å². The van der Waals surface area contributed by atoms with E-state index in [1.807, 2.05) is 11.4 Å². The molecule has 2 rings (SSSR count). The van der Waals surface area contributed by atoms with Gasteiger partial charge in [0.15, 0.2) is 0 Å². The third-order valence-corrected chi connectivity index (χ3v) is 4.62. The summed E-state index contributed by atoms with van der Waals surface area (Å²) < 4.78 is 1.03. The van der Waals surface area contributed by atoms with E-state index in [1.165, 1.54) is 0 Å². The number of nitrogens with one attached hydrogen (secondary N) is 2. The van der Waals surface area contributed by atoms with Crippen LogP contribution >= 0.6 is 27.3 Å². The summed E-state index contributed by atoms with van der Waals surface area (Å²) >= 11 is 5.07. The Morgan fingerprint density at radius 1 is 1.45 bits per heavy atom.